The Morgan fingerprint density at radius 1 is 0.909 bits per heavy atom. The lowest BCUT2D eigenvalue weighted by Crippen LogP contribution is -2.42. The Balaban J connectivity index is 5.27. The molecular formula is C19H38O2Si. The highest BCUT2D eigenvalue weighted by Crippen LogP contribution is 2.35. The zero-order chi connectivity index (χ0) is 17.2. The van der Waals surface area contributed by atoms with Crippen molar-refractivity contribution in [3.05, 3.63) is 11.8 Å². The zero-order valence-corrected chi connectivity index (χ0v) is 16.9. The molecule has 3 heteroatoms. The van der Waals surface area contributed by atoms with Crippen molar-refractivity contribution in [3.8, 4) is 0 Å². The first-order valence-corrected chi connectivity index (χ1v) is 11.8. The van der Waals surface area contributed by atoms with Crippen molar-refractivity contribution in [2.75, 3.05) is 0 Å². The number of esters is 1. The summed E-state index contributed by atoms with van der Waals surface area (Å²) in [6, 6.07) is 3.59. The molecule has 0 unspecified atom stereocenters. The van der Waals surface area contributed by atoms with E-state index in [1.165, 1.54) is 56.7 Å². The molecule has 0 amide bonds. The minimum Gasteiger partial charge on any atom is -0.457 e. The van der Waals surface area contributed by atoms with Gasteiger partial charge in [0.25, 0.3) is 0 Å². The topological polar surface area (TPSA) is 26.3 Å². The van der Waals surface area contributed by atoms with Crippen molar-refractivity contribution in [2.24, 2.45) is 0 Å². The molecule has 0 aliphatic carbocycles. The van der Waals surface area contributed by atoms with Crippen LogP contribution in [0.2, 0.25) is 18.1 Å². The lowest BCUT2D eigenvalue weighted by atomic mass is 10.2. The van der Waals surface area contributed by atoms with Crippen LogP contribution in [0.4, 0.5) is 0 Å². The number of hydrogen-bond acceptors (Lipinski definition) is 2. The summed E-state index contributed by atoms with van der Waals surface area (Å²) < 4.78 is 5.64. The molecule has 0 bridgehead atoms. The molecule has 0 aromatic rings. The largest absolute Gasteiger partial charge is 0.457 e. The molecule has 0 aliphatic heterocycles. The third kappa shape index (κ3) is 7.62. The predicted octanol–water partition coefficient (Wildman–Crippen LogP) is 6.27. The summed E-state index contributed by atoms with van der Waals surface area (Å²) in [5.41, 5.74) is -0.430. The van der Waals surface area contributed by atoms with Gasteiger partial charge in [0.05, 0.1) is 8.07 Å². The molecule has 0 spiro atoms. The van der Waals surface area contributed by atoms with E-state index in [1.807, 2.05) is 20.8 Å². The van der Waals surface area contributed by atoms with Crippen LogP contribution in [-0.2, 0) is 9.53 Å². The van der Waals surface area contributed by atoms with Gasteiger partial charge in [0, 0.05) is 5.20 Å². The van der Waals surface area contributed by atoms with E-state index in [0.717, 1.165) is 5.20 Å². The van der Waals surface area contributed by atoms with Gasteiger partial charge in [0.15, 0.2) is 0 Å². The van der Waals surface area contributed by atoms with Crippen molar-refractivity contribution >= 4 is 14.0 Å². The van der Waals surface area contributed by atoms with Crippen LogP contribution in [-0.4, -0.2) is 19.6 Å². The van der Waals surface area contributed by atoms with Gasteiger partial charge in [0.1, 0.15) is 5.60 Å². The lowest BCUT2D eigenvalue weighted by molar-refractivity contribution is -0.149. The van der Waals surface area contributed by atoms with Crippen LogP contribution in [0.25, 0.3) is 0 Å². The number of hydrogen-bond donors (Lipinski definition) is 0. The number of rotatable bonds is 11. The Hall–Kier alpha value is -0.573. The first-order valence-electron chi connectivity index (χ1n) is 9.15. The summed E-state index contributed by atoms with van der Waals surface area (Å²) in [5.74, 6) is -0.137. The molecular weight excluding hydrogens is 288 g/mol. The van der Waals surface area contributed by atoms with E-state index in [4.69, 9.17) is 4.74 Å². The highest BCUT2D eigenvalue weighted by Gasteiger charge is 2.39. The highest BCUT2D eigenvalue weighted by molar-refractivity contribution is 6.90. The second-order valence-corrected chi connectivity index (χ2v) is 12.2. The van der Waals surface area contributed by atoms with Gasteiger partial charge in [-0.2, -0.15) is 0 Å². The summed E-state index contributed by atoms with van der Waals surface area (Å²) in [6.45, 7) is 16.8. The molecule has 0 heterocycles. The van der Waals surface area contributed by atoms with E-state index < -0.39 is 13.7 Å². The first kappa shape index (κ1) is 21.4. The van der Waals surface area contributed by atoms with E-state index in [1.54, 1.807) is 0 Å². The van der Waals surface area contributed by atoms with Crippen LogP contribution in [0.5, 0.6) is 0 Å². The average Bonchev–Trinajstić information content (AvgIpc) is 2.44. The minimum atomic E-state index is -1.79. The lowest BCUT2D eigenvalue weighted by Gasteiger charge is -2.34. The molecule has 2 nitrogen and oxygen atoms in total. The Kier molecular flexibility index (Phi) is 9.98. The standard InChI is InChI=1S/C19H38O2Si/c1-8-11-14-22(15-12-9-2,16-13-10-3)17(4)18(20)21-19(5,6)7/h4,8-16H2,1-3,5-7H3. The Labute approximate surface area is 139 Å². The Bertz CT molecular complexity index is 320. The fourth-order valence-electron chi connectivity index (χ4n) is 2.93. The average molecular weight is 327 g/mol. The van der Waals surface area contributed by atoms with Crippen LogP contribution < -0.4 is 0 Å². The van der Waals surface area contributed by atoms with Crippen LogP contribution in [0.1, 0.15) is 80.1 Å². The molecule has 0 aliphatic rings. The highest BCUT2D eigenvalue weighted by atomic mass is 28.3. The summed E-state index contributed by atoms with van der Waals surface area (Å²) in [5, 5.41) is 0.845. The van der Waals surface area contributed by atoms with Gasteiger partial charge >= 0.3 is 5.97 Å². The monoisotopic (exact) mass is 326 g/mol. The van der Waals surface area contributed by atoms with Gasteiger partial charge < -0.3 is 4.74 Å². The van der Waals surface area contributed by atoms with Gasteiger partial charge in [-0.25, -0.2) is 4.79 Å². The molecule has 130 valence electrons. The van der Waals surface area contributed by atoms with Crippen LogP contribution in [0.3, 0.4) is 0 Å². The molecule has 0 saturated carbocycles. The number of carbonyl (C=O) groups excluding carboxylic acids is 1. The van der Waals surface area contributed by atoms with E-state index >= 15 is 0 Å². The molecule has 0 fully saturated rings. The second kappa shape index (κ2) is 10.2. The normalized spacial score (nSPS) is 12.3. The van der Waals surface area contributed by atoms with Gasteiger partial charge in [0.2, 0.25) is 0 Å². The first-order chi connectivity index (χ1) is 10.2. The quantitative estimate of drug-likeness (QED) is 0.254. The molecule has 0 aromatic heterocycles. The predicted molar refractivity (Wildman–Crippen MR) is 99.9 cm³/mol. The maximum Gasteiger partial charge on any atom is 0.329 e. The van der Waals surface area contributed by atoms with Crippen molar-refractivity contribution < 1.29 is 9.53 Å². The smallest absolute Gasteiger partial charge is 0.329 e. The van der Waals surface area contributed by atoms with Crippen molar-refractivity contribution in [1.82, 2.24) is 0 Å². The molecule has 0 rings (SSSR count). The van der Waals surface area contributed by atoms with Gasteiger partial charge in [-0.05, 0) is 20.8 Å². The van der Waals surface area contributed by atoms with Crippen molar-refractivity contribution in [3.63, 3.8) is 0 Å². The Morgan fingerprint density at radius 3 is 1.55 bits per heavy atom. The summed E-state index contributed by atoms with van der Waals surface area (Å²) in [6.07, 6.45) is 7.20. The summed E-state index contributed by atoms with van der Waals surface area (Å²) in [4.78, 5) is 12.6. The van der Waals surface area contributed by atoms with E-state index in [2.05, 4.69) is 27.4 Å². The zero-order valence-electron chi connectivity index (χ0n) is 15.9. The fourth-order valence-corrected chi connectivity index (χ4v) is 8.16. The van der Waals surface area contributed by atoms with Crippen molar-refractivity contribution in [2.45, 2.75) is 104 Å². The van der Waals surface area contributed by atoms with E-state index in [-0.39, 0.29) is 5.97 Å². The van der Waals surface area contributed by atoms with E-state index in [0.29, 0.717) is 0 Å². The SMILES string of the molecule is C=C(C(=O)OC(C)(C)C)[Si](CCCC)(CCCC)CCCC. The van der Waals surface area contributed by atoms with Gasteiger partial charge in [-0.3, -0.25) is 0 Å². The molecule has 0 atom stereocenters. The molecule has 0 aromatic carbocycles. The molecule has 0 saturated heterocycles. The van der Waals surface area contributed by atoms with Crippen LogP contribution >= 0.6 is 0 Å². The Morgan fingerprint density at radius 2 is 1.27 bits per heavy atom. The number of unbranched alkanes of at least 4 members (excludes halogenated alkanes) is 3. The maximum atomic E-state index is 12.6. The fraction of sp³-hybridized carbons (Fsp3) is 0.842. The molecule has 22 heavy (non-hydrogen) atoms. The van der Waals surface area contributed by atoms with Crippen LogP contribution in [0, 0.1) is 0 Å². The maximum absolute atomic E-state index is 12.6. The number of ether oxygens (including phenoxy) is 1. The van der Waals surface area contributed by atoms with Crippen LogP contribution in [0.15, 0.2) is 11.8 Å². The van der Waals surface area contributed by atoms with Crippen molar-refractivity contribution in [1.29, 1.82) is 0 Å². The van der Waals surface area contributed by atoms with Gasteiger partial charge in [-0.1, -0.05) is 84.0 Å². The number of carbonyl (C=O) groups is 1. The van der Waals surface area contributed by atoms with Gasteiger partial charge in [-0.15, -0.1) is 0 Å². The second-order valence-electron chi connectivity index (χ2n) is 7.57. The summed E-state index contributed by atoms with van der Waals surface area (Å²) in [7, 11) is -1.79. The third-order valence-electron chi connectivity index (χ3n) is 4.31. The third-order valence-corrected chi connectivity index (χ3v) is 9.73. The molecule has 0 N–H and O–H groups in total. The summed E-state index contributed by atoms with van der Waals surface area (Å²) >= 11 is 0. The van der Waals surface area contributed by atoms with E-state index in [9.17, 15) is 4.79 Å². The molecule has 0 radical (unpaired) electrons. The minimum absolute atomic E-state index is 0.137.